The van der Waals surface area contributed by atoms with Crippen molar-refractivity contribution in [3.63, 3.8) is 0 Å². The number of hydrogen-bond acceptors (Lipinski definition) is 3. The second kappa shape index (κ2) is 8.02. The topological polar surface area (TPSA) is 55.3 Å². The van der Waals surface area contributed by atoms with E-state index in [1.165, 1.54) is 16.1 Å². The molecule has 2 rings (SSSR count). The van der Waals surface area contributed by atoms with E-state index in [2.05, 4.69) is 24.3 Å². The van der Waals surface area contributed by atoms with Gasteiger partial charge in [0.2, 0.25) is 0 Å². The standard InChI is InChI=1S/C15H17N3.C2H6/c1-18(17)11-15(16)14-9-7-13(8-10-14)12-5-3-2-4-6-12;1-2/h2-11H,16-17H2,1H3;1-2H3/b15-11-;. The first kappa shape index (κ1) is 15.8. The Balaban J connectivity index is 0.000000956. The van der Waals surface area contributed by atoms with Gasteiger partial charge in [0.05, 0.1) is 5.70 Å². The van der Waals surface area contributed by atoms with E-state index >= 15 is 0 Å². The van der Waals surface area contributed by atoms with Gasteiger partial charge in [0.25, 0.3) is 0 Å². The van der Waals surface area contributed by atoms with Crippen LogP contribution in [0.25, 0.3) is 16.8 Å². The van der Waals surface area contributed by atoms with Gasteiger partial charge in [-0.05, 0) is 16.7 Å². The van der Waals surface area contributed by atoms with Crippen LogP contribution in [0.5, 0.6) is 0 Å². The molecule has 106 valence electrons. The van der Waals surface area contributed by atoms with Gasteiger partial charge in [-0.25, -0.2) is 5.84 Å². The molecule has 0 saturated heterocycles. The molecule has 0 aliphatic carbocycles. The van der Waals surface area contributed by atoms with Gasteiger partial charge in [0, 0.05) is 13.2 Å². The highest BCUT2D eigenvalue weighted by Crippen LogP contribution is 2.20. The lowest BCUT2D eigenvalue weighted by molar-refractivity contribution is 0.486. The first-order valence-corrected chi connectivity index (χ1v) is 6.77. The Labute approximate surface area is 121 Å². The van der Waals surface area contributed by atoms with Gasteiger partial charge < -0.3 is 10.7 Å². The van der Waals surface area contributed by atoms with E-state index in [0.29, 0.717) is 5.70 Å². The van der Waals surface area contributed by atoms with Gasteiger partial charge in [-0.15, -0.1) is 0 Å². The summed E-state index contributed by atoms with van der Waals surface area (Å²) in [6.07, 6.45) is 1.69. The van der Waals surface area contributed by atoms with Crippen molar-refractivity contribution < 1.29 is 0 Å². The van der Waals surface area contributed by atoms with E-state index in [0.717, 1.165) is 5.56 Å². The summed E-state index contributed by atoms with van der Waals surface area (Å²) in [7, 11) is 1.74. The predicted octanol–water partition coefficient (Wildman–Crippen LogP) is 3.44. The molecule has 3 nitrogen and oxygen atoms in total. The molecule has 0 heterocycles. The first-order chi connectivity index (χ1) is 9.66. The van der Waals surface area contributed by atoms with Crippen molar-refractivity contribution in [3.05, 3.63) is 66.4 Å². The summed E-state index contributed by atoms with van der Waals surface area (Å²) in [5, 5.41) is 1.44. The third kappa shape index (κ3) is 4.44. The number of nitrogens with two attached hydrogens (primary N) is 2. The molecule has 0 spiro atoms. The van der Waals surface area contributed by atoms with E-state index in [1.807, 2.05) is 44.2 Å². The molecule has 20 heavy (non-hydrogen) atoms. The van der Waals surface area contributed by atoms with Crippen molar-refractivity contribution >= 4 is 5.70 Å². The molecule has 0 aliphatic heterocycles. The second-order valence-electron chi connectivity index (χ2n) is 4.19. The zero-order chi connectivity index (χ0) is 15.0. The molecular weight excluding hydrogens is 246 g/mol. The van der Waals surface area contributed by atoms with Crippen LogP contribution in [0.1, 0.15) is 19.4 Å². The van der Waals surface area contributed by atoms with Crippen molar-refractivity contribution in [1.82, 2.24) is 5.01 Å². The average Bonchev–Trinajstić information content (AvgIpc) is 2.50. The van der Waals surface area contributed by atoms with Crippen LogP contribution in [0.3, 0.4) is 0 Å². The maximum Gasteiger partial charge on any atom is 0.0564 e. The van der Waals surface area contributed by atoms with Crippen LogP contribution >= 0.6 is 0 Å². The van der Waals surface area contributed by atoms with Gasteiger partial charge in [0.1, 0.15) is 0 Å². The Bertz CT molecular complexity index is 528. The normalized spacial score (nSPS) is 10.5. The molecule has 4 N–H and O–H groups in total. The second-order valence-corrected chi connectivity index (χ2v) is 4.19. The zero-order valence-electron chi connectivity index (χ0n) is 12.4. The summed E-state index contributed by atoms with van der Waals surface area (Å²) in [4.78, 5) is 0. The lowest BCUT2D eigenvalue weighted by Crippen LogP contribution is -2.20. The maximum atomic E-state index is 5.92. The van der Waals surface area contributed by atoms with Crippen LogP contribution in [-0.2, 0) is 0 Å². The van der Waals surface area contributed by atoms with Gasteiger partial charge in [-0.3, -0.25) is 0 Å². The fourth-order valence-electron chi connectivity index (χ4n) is 1.78. The molecule has 0 amide bonds. The van der Waals surface area contributed by atoms with E-state index < -0.39 is 0 Å². The van der Waals surface area contributed by atoms with Gasteiger partial charge in [0.15, 0.2) is 0 Å². The highest BCUT2D eigenvalue weighted by atomic mass is 15.4. The monoisotopic (exact) mass is 269 g/mol. The Morgan fingerprint density at radius 2 is 1.40 bits per heavy atom. The third-order valence-electron chi connectivity index (χ3n) is 2.67. The summed E-state index contributed by atoms with van der Waals surface area (Å²) < 4.78 is 0. The van der Waals surface area contributed by atoms with Crippen LogP contribution in [0.4, 0.5) is 0 Å². The molecule has 0 saturated carbocycles. The molecule has 3 heteroatoms. The summed E-state index contributed by atoms with van der Waals surface area (Å²) in [5.74, 6) is 5.53. The highest BCUT2D eigenvalue weighted by Gasteiger charge is 1.99. The number of hydrazine groups is 1. The van der Waals surface area contributed by atoms with Crippen molar-refractivity contribution in [3.8, 4) is 11.1 Å². The summed E-state index contributed by atoms with van der Waals surface area (Å²) in [5.41, 5.74) is 9.91. The maximum absolute atomic E-state index is 5.92. The minimum atomic E-state index is 0.652. The van der Waals surface area contributed by atoms with Gasteiger partial charge in [-0.2, -0.15) is 0 Å². The van der Waals surface area contributed by atoms with E-state index in [9.17, 15) is 0 Å². The van der Waals surface area contributed by atoms with Crippen LogP contribution in [0, 0.1) is 0 Å². The Morgan fingerprint density at radius 1 is 0.900 bits per heavy atom. The number of hydrogen-bond donors (Lipinski definition) is 2. The van der Waals surface area contributed by atoms with Crippen molar-refractivity contribution in [2.75, 3.05) is 7.05 Å². The smallest absolute Gasteiger partial charge is 0.0564 e. The fraction of sp³-hybridized carbons (Fsp3) is 0.176. The molecule has 0 radical (unpaired) electrons. The van der Waals surface area contributed by atoms with E-state index in [-0.39, 0.29) is 0 Å². The quantitative estimate of drug-likeness (QED) is 0.663. The Hall–Kier alpha value is -2.26. The van der Waals surface area contributed by atoms with Gasteiger partial charge in [-0.1, -0.05) is 68.4 Å². The lowest BCUT2D eigenvalue weighted by Gasteiger charge is -2.09. The van der Waals surface area contributed by atoms with Gasteiger partial charge >= 0.3 is 0 Å². The average molecular weight is 269 g/mol. The van der Waals surface area contributed by atoms with E-state index in [1.54, 1.807) is 13.2 Å². The largest absolute Gasteiger partial charge is 0.397 e. The van der Waals surface area contributed by atoms with Crippen molar-refractivity contribution in [2.45, 2.75) is 13.8 Å². The zero-order valence-corrected chi connectivity index (χ0v) is 12.4. The van der Waals surface area contributed by atoms with E-state index in [4.69, 9.17) is 11.6 Å². The lowest BCUT2D eigenvalue weighted by atomic mass is 10.0. The van der Waals surface area contributed by atoms with Crippen LogP contribution in [-0.4, -0.2) is 12.1 Å². The number of rotatable bonds is 3. The molecule has 0 aliphatic rings. The molecule has 0 aromatic heterocycles. The Morgan fingerprint density at radius 3 is 1.90 bits per heavy atom. The first-order valence-electron chi connectivity index (χ1n) is 6.77. The third-order valence-corrected chi connectivity index (χ3v) is 2.67. The molecular formula is C17H23N3. The molecule has 0 fully saturated rings. The molecule has 0 unspecified atom stereocenters. The minimum Gasteiger partial charge on any atom is -0.397 e. The summed E-state index contributed by atoms with van der Waals surface area (Å²) >= 11 is 0. The SMILES string of the molecule is CC.CN(N)/C=C(\N)c1ccc(-c2ccccc2)cc1. The fourth-order valence-corrected chi connectivity index (χ4v) is 1.78. The molecule has 2 aromatic carbocycles. The Kier molecular flexibility index (Phi) is 6.33. The number of nitrogens with zero attached hydrogens (tertiary/aromatic N) is 1. The van der Waals surface area contributed by atoms with Crippen molar-refractivity contribution in [2.24, 2.45) is 11.6 Å². The minimum absolute atomic E-state index is 0.652. The number of benzene rings is 2. The van der Waals surface area contributed by atoms with Crippen LogP contribution < -0.4 is 11.6 Å². The van der Waals surface area contributed by atoms with Crippen LogP contribution in [0.2, 0.25) is 0 Å². The molecule has 0 bridgehead atoms. The van der Waals surface area contributed by atoms with Crippen molar-refractivity contribution in [1.29, 1.82) is 0 Å². The van der Waals surface area contributed by atoms with Crippen LogP contribution in [0.15, 0.2) is 60.8 Å². The summed E-state index contributed by atoms with van der Waals surface area (Å²) in [6, 6.07) is 18.3. The highest BCUT2D eigenvalue weighted by molar-refractivity contribution is 5.68. The summed E-state index contributed by atoms with van der Waals surface area (Å²) in [6.45, 7) is 4.00. The predicted molar refractivity (Wildman–Crippen MR) is 87.3 cm³/mol. The molecule has 0 atom stereocenters. The molecule has 2 aromatic rings.